The number of rotatable bonds is 0. The fourth-order valence-corrected chi connectivity index (χ4v) is 0. The molecule has 1 radical (unpaired) electrons. The van der Waals surface area contributed by atoms with Gasteiger partial charge in [0, 0.05) is 0 Å². The Balaban J connectivity index is -0.0000000200. The van der Waals surface area contributed by atoms with Crippen molar-refractivity contribution in [3.63, 3.8) is 0 Å². The van der Waals surface area contributed by atoms with Crippen LogP contribution in [0.4, 0.5) is 0 Å². The maximum Gasteiger partial charge on any atom is 3.00 e. The summed E-state index contributed by atoms with van der Waals surface area (Å²) >= 11 is 0. The third-order valence-corrected chi connectivity index (χ3v) is 0. The zero-order chi connectivity index (χ0) is 2.71. The molecule has 0 aliphatic carbocycles. The summed E-state index contributed by atoms with van der Waals surface area (Å²) in [5.41, 5.74) is 13.5. The summed E-state index contributed by atoms with van der Waals surface area (Å²) in [5.74, 6) is 0. The zero-order valence-electron chi connectivity index (χ0n) is 2.10. The molecule has 0 N–H and O–H groups in total. The third kappa shape index (κ3) is 274. The molecule has 0 saturated carbocycles. The van der Waals surface area contributed by atoms with Crippen LogP contribution < -0.4 is 0 Å². The summed E-state index contributed by atoms with van der Waals surface area (Å²) in [6.45, 7) is 0. The van der Waals surface area contributed by atoms with Gasteiger partial charge in [0.05, 0.1) is 0 Å². The van der Waals surface area contributed by atoms with E-state index in [2.05, 4.69) is 0 Å². The maximum absolute atomic E-state index is 6.75. The van der Waals surface area contributed by atoms with Crippen LogP contribution in [0.2, 0.25) is 0 Å². The minimum absolute atomic E-state index is 0. The van der Waals surface area contributed by atoms with Crippen LogP contribution in [0.3, 0.4) is 0 Å². The van der Waals surface area contributed by atoms with E-state index in [-0.39, 0.29) is 22.5 Å². The van der Waals surface area contributed by atoms with E-state index >= 15 is 0 Å². The van der Waals surface area contributed by atoms with Crippen molar-refractivity contribution in [1.29, 1.82) is 0 Å². The molecular weight excluding hydrogens is 114 g/mol. The van der Waals surface area contributed by atoms with Crippen LogP contribution in [-0.2, 0) is 22.5 Å². The predicted octanol–water partition coefficient (Wildman–Crippen LogP) is 0.745. The van der Waals surface area contributed by atoms with E-state index in [1.165, 1.54) is 4.91 Å². The second-order valence-corrected chi connectivity index (χ2v) is 0.0894. The quantitative estimate of drug-likeness (QED) is 0.192. The van der Waals surface area contributed by atoms with E-state index in [9.17, 15) is 0 Å². The number of nitrogens with zero attached hydrogens (tertiary/aromatic N) is 3. The minimum Gasteiger partial charge on any atom is -2.00 e. The SMILES string of the molecule is [Fe+3].[N-]=[N+]=[N-].[O-2]. The molecule has 5 heteroatoms. The zero-order valence-corrected chi connectivity index (χ0v) is 3.21. The van der Waals surface area contributed by atoms with Crippen LogP contribution in [0, 0.1) is 0 Å². The van der Waals surface area contributed by atoms with Gasteiger partial charge < -0.3 is 16.5 Å². The third-order valence-electron chi connectivity index (χ3n) is 0. The van der Waals surface area contributed by atoms with Gasteiger partial charge in [-0.05, 0) is 0 Å². The van der Waals surface area contributed by atoms with Crippen molar-refractivity contribution in [2.45, 2.75) is 0 Å². The summed E-state index contributed by atoms with van der Waals surface area (Å²) in [4.78, 5) is 1.50. The molecule has 0 aromatic carbocycles. The molecule has 0 atom stereocenters. The van der Waals surface area contributed by atoms with E-state index in [1.807, 2.05) is 0 Å². The van der Waals surface area contributed by atoms with Gasteiger partial charge in [-0.15, -0.1) is 0 Å². The molecule has 0 aliphatic heterocycles. The largest absolute Gasteiger partial charge is 3.00 e. The summed E-state index contributed by atoms with van der Waals surface area (Å²) in [7, 11) is 0. The van der Waals surface area contributed by atoms with Crippen LogP contribution in [0.15, 0.2) is 0 Å². The Morgan fingerprint density at radius 2 is 1.20 bits per heavy atom. The van der Waals surface area contributed by atoms with Crippen molar-refractivity contribution >= 4 is 0 Å². The molecule has 0 fully saturated rings. The first-order valence-electron chi connectivity index (χ1n) is 0.400. The standard InChI is InChI=1S/Fe.N3.O/c;1-3-2;/q+3;-1;-2. The van der Waals surface area contributed by atoms with Gasteiger partial charge in [0.15, 0.2) is 0 Å². The topological polar surface area (TPSA) is 87.2 Å². The fraction of sp³-hybridized carbons (Fsp3) is 0. The van der Waals surface area contributed by atoms with Crippen LogP contribution in [0.25, 0.3) is 16.0 Å². The molecule has 0 amide bonds. The van der Waals surface area contributed by atoms with E-state index in [0.29, 0.717) is 0 Å². The number of hydrogen-bond acceptors (Lipinski definition) is 0. The molecule has 0 aliphatic rings. The summed E-state index contributed by atoms with van der Waals surface area (Å²) < 4.78 is 0. The van der Waals surface area contributed by atoms with Gasteiger partial charge in [-0.1, -0.05) is 0 Å². The van der Waals surface area contributed by atoms with Crippen molar-refractivity contribution in [3.8, 4) is 0 Å². The van der Waals surface area contributed by atoms with Crippen molar-refractivity contribution in [3.05, 3.63) is 16.0 Å². The van der Waals surface area contributed by atoms with E-state index in [1.54, 1.807) is 0 Å². The Hall–Kier alpha value is -0.211. The Bertz CT molecular complexity index is 27.9. The van der Waals surface area contributed by atoms with Crippen LogP contribution >= 0.6 is 0 Å². The molecule has 0 heterocycles. The first-order chi connectivity index (χ1) is 1.41. The summed E-state index contributed by atoms with van der Waals surface area (Å²) in [6, 6.07) is 0. The molecule has 4 nitrogen and oxygen atoms in total. The average molecular weight is 114 g/mol. The van der Waals surface area contributed by atoms with Gasteiger partial charge in [0.1, 0.15) is 0 Å². The molecule has 0 aromatic rings. The van der Waals surface area contributed by atoms with Crippen molar-refractivity contribution in [2.75, 3.05) is 0 Å². The van der Waals surface area contributed by atoms with Crippen LogP contribution in [-0.4, -0.2) is 0 Å². The minimum atomic E-state index is 0. The predicted molar refractivity (Wildman–Crippen MR) is 10.8 cm³/mol. The Morgan fingerprint density at radius 1 is 1.20 bits per heavy atom. The molecule has 0 spiro atoms. The van der Waals surface area contributed by atoms with Gasteiger partial charge in [0.2, 0.25) is 0 Å². The maximum atomic E-state index is 6.75. The van der Waals surface area contributed by atoms with Crippen molar-refractivity contribution in [2.24, 2.45) is 0 Å². The van der Waals surface area contributed by atoms with E-state index in [0.717, 1.165) is 0 Å². The van der Waals surface area contributed by atoms with Crippen molar-refractivity contribution < 1.29 is 22.5 Å². The normalized spacial score (nSPS) is 1.60. The van der Waals surface area contributed by atoms with Crippen molar-refractivity contribution in [1.82, 2.24) is 0 Å². The van der Waals surface area contributed by atoms with E-state index < -0.39 is 0 Å². The average Bonchev–Trinajstić information content (AvgIpc) is 0.918. The smallest absolute Gasteiger partial charge is 2.00 e. The summed E-state index contributed by atoms with van der Waals surface area (Å²) in [5, 5.41) is 0. The molecular formula is FeN3O. The second kappa shape index (κ2) is 47.3. The molecule has 0 aromatic heterocycles. The summed E-state index contributed by atoms with van der Waals surface area (Å²) in [6.07, 6.45) is 0. The Morgan fingerprint density at radius 3 is 1.20 bits per heavy atom. The fourth-order valence-electron chi connectivity index (χ4n) is 0. The molecule has 5 heavy (non-hydrogen) atoms. The van der Waals surface area contributed by atoms with Crippen LogP contribution in [0.5, 0.6) is 0 Å². The first kappa shape index (κ1) is 21.5. The molecule has 29 valence electrons. The number of hydrogen-bond donors (Lipinski definition) is 0. The molecule has 0 saturated heterocycles. The van der Waals surface area contributed by atoms with Gasteiger partial charge in [-0.2, -0.15) is 0 Å². The van der Waals surface area contributed by atoms with Gasteiger partial charge in [-0.3, -0.25) is 4.91 Å². The molecule has 0 rings (SSSR count). The molecule has 0 unspecified atom stereocenters. The van der Waals surface area contributed by atoms with Gasteiger partial charge in [-0.25, -0.2) is 0 Å². The second-order valence-electron chi connectivity index (χ2n) is 0.0894. The Labute approximate surface area is 39.4 Å². The van der Waals surface area contributed by atoms with Crippen LogP contribution in [0.1, 0.15) is 0 Å². The van der Waals surface area contributed by atoms with E-state index in [4.69, 9.17) is 11.1 Å². The van der Waals surface area contributed by atoms with Gasteiger partial charge in [0.25, 0.3) is 0 Å². The first-order valence-corrected chi connectivity index (χ1v) is 0.400. The van der Waals surface area contributed by atoms with Gasteiger partial charge >= 0.3 is 17.1 Å². The monoisotopic (exact) mass is 114 g/mol. The molecule has 0 bridgehead atoms. The Kier molecular flexibility index (Phi) is 203.